The fourth-order valence-corrected chi connectivity index (χ4v) is 1.03. The van der Waals surface area contributed by atoms with E-state index in [1.165, 1.54) is 12.5 Å². The van der Waals surface area contributed by atoms with Gasteiger partial charge in [0.1, 0.15) is 17.7 Å². The van der Waals surface area contributed by atoms with Crippen molar-refractivity contribution in [2.75, 3.05) is 5.32 Å². The number of carboxylic acids is 1. The lowest BCUT2D eigenvalue weighted by atomic mass is 10.2. The molecule has 0 aliphatic carbocycles. The molecule has 0 aliphatic heterocycles. The Balaban J connectivity index is 2.94. The number of carbonyl (C=O) groups is 1. The number of terminal acetylenes is 1. The van der Waals surface area contributed by atoms with Crippen molar-refractivity contribution in [1.29, 1.82) is 0 Å². The third kappa shape index (κ3) is 2.68. The Bertz CT molecular complexity index is 398. The molecule has 0 aromatic carbocycles. The van der Waals surface area contributed by atoms with Crippen LogP contribution in [0.5, 0.6) is 0 Å². The minimum absolute atomic E-state index is 0.0196. The highest BCUT2D eigenvalue weighted by Gasteiger charge is 2.13. The first-order valence-corrected chi connectivity index (χ1v) is 4.45. The molecule has 0 bridgehead atoms. The van der Waals surface area contributed by atoms with Gasteiger partial charge in [-0.2, -0.15) is 0 Å². The molecular weight excluding hydrogens is 194 g/mol. The molecule has 15 heavy (non-hydrogen) atoms. The highest BCUT2D eigenvalue weighted by molar-refractivity contribution is 5.92. The maximum Gasteiger partial charge on any atom is 0.341 e. The van der Waals surface area contributed by atoms with Gasteiger partial charge in [-0.15, -0.1) is 6.42 Å². The molecule has 1 rings (SSSR count). The van der Waals surface area contributed by atoms with Gasteiger partial charge < -0.3 is 10.4 Å². The van der Waals surface area contributed by atoms with Crippen molar-refractivity contribution in [3.05, 3.63) is 18.1 Å². The predicted molar refractivity (Wildman–Crippen MR) is 55.5 cm³/mol. The van der Waals surface area contributed by atoms with Crippen LogP contribution in [0, 0.1) is 12.3 Å². The Morgan fingerprint density at radius 2 is 2.53 bits per heavy atom. The normalized spacial score (nSPS) is 11.5. The van der Waals surface area contributed by atoms with Crippen LogP contribution in [-0.2, 0) is 0 Å². The minimum atomic E-state index is -1.08. The van der Waals surface area contributed by atoms with E-state index in [0.29, 0.717) is 6.42 Å². The highest BCUT2D eigenvalue weighted by atomic mass is 16.4. The van der Waals surface area contributed by atoms with E-state index in [2.05, 4.69) is 21.2 Å². The summed E-state index contributed by atoms with van der Waals surface area (Å²) < 4.78 is 0. The Kier molecular flexibility index (Phi) is 3.63. The number of carboxylic acid groups (broad SMARTS) is 1. The second-order valence-corrected chi connectivity index (χ2v) is 2.86. The summed E-state index contributed by atoms with van der Waals surface area (Å²) in [5, 5.41) is 11.7. The third-order valence-corrected chi connectivity index (χ3v) is 1.86. The number of nitrogens with zero attached hydrogens (tertiary/aromatic N) is 2. The van der Waals surface area contributed by atoms with Crippen molar-refractivity contribution < 1.29 is 9.90 Å². The van der Waals surface area contributed by atoms with Crippen molar-refractivity contribution in [3.8, 4) is 12.3 Å². The van der Waals surface area contributed by atoms with Crippen LogP contribution in [0.4, 0.5) is 5.82 Å². The molecule has 1 atom stereocenters. The number of rotatable bonds is 4. The number of hydrogen-bond donors (Lipinski definition) is 2. The Morgan fingerprint density at radius 1 is 1.80 bits per heavy atom. The molecule has 0 spiro atoms. The van der Waals surface area contributed by atoms with Crippen LogP contribution in [-0.4, -0.2) is 27.1 Å². The van der Waals surface area contributed by atoms with Crippen LogP contribution in [0.2, 0.25) is 0 Å². The van der Waals surface area contributed by atoms with Crippen LogP contribution < -0.4 is 5.32 Å². The van der Waals surface area contributed by atoms with Crippen LogP contribution in [0.3, 0.4) is 0 Å². The van der Waals surface area contributed by atoms with E-state index < -0.39 is 5.97 Å². The summed E-state index contributed by atoms with van der Waals surface area (Å²) in [6.07, 6.45) is 8.46. The van der Waals surface area contributed by atoms with Crippen molar-refractivity contribution in [2.45, 2.75) is 19.4 Å². The first-order valence-electron chi connectivity index (χ1n) is 4.45. The molecule has 0 radical (unpaired) electrons. The van der Waals surface area contributed by atoms with Gasteiger partial charge in [-0.3, -0.25) is 0 Å². The Morgan fingerprint density at radius 3 is 3.07 bits per heavy atom. The zero-order valence-corrected chi connectivity index (χ0v) is 8.27. The number of aromatic carboxylic acids is 1. The molecule has 1 heterocycles. The van der Waals surface area contributed by atoms with Crippen molar-refractivity contribution in [1.82, 2.24) is 9.97 Å². The van der Waals surface area contributed by atoms with Gasteiger partial charge in [-0.05, 0) is 6.42 Å². The fraction of sp³-hybridized carbons (Fsp3) is 0.300. The van der Waals surface area contributed by atoms with Gasteiger partial charge in [0.25, 0.3) is 0 Å². The predicted octanol–water partition coefficient (Wildman–Crippen LogP) is 0.998. The first-order chi connectivity index (χ1) is 7.19. The van der Waals surface area contributed by atoms with Gasteiger partial charge in [0.2, 0.25) is 0 Å². The zero-order chi connectivity index (χ0) is 11.3. The average Bonchev–Trinajstić information content (AvgIpc) is 2.26. The summed E-state index contributed by atoms with van der Waals surface area (Å²) in [5.74, 6) is 1.68. The molecule has 0 fully saturated rings. The molecule has 0 amide bonds. The Labute approximate surface area is 87.6 Å². The number of anilines is 1. The number of hydrogen-bond acceptors (Lipinski definition) is 4. The van der Waals surface area contributed by atoms with Gasteiger partial charge in [0, 0.05) is 6.20 Å². The summed E-state index contributed by atoms with van der Waals surface area (Å²) >= 11 is 0. The van der Waals surface area contributed by atoms with Crippen molar-refractivity contribution >= 4 is 11.8 Å². The highest BCUT2D eigenvalue weighted by Crippen LogP contribution is 2.11. The van der Waals surface area contributed by atoms with Crippen LogP contribution in [0.15, 0.2) is 12.5 Å². The van der Waals surface area contributed by atoms with E-state index in [0.717, 1.165) is 0 Å². The molecular formula is C10H11N3O2. The number of aromatic nitrogens is 2. The lowest BCUT2D eigenvalue weighted by Crippen LogP contribution is -2.19. The van der Waals surface area contributed by atoms with E-state index >= 15 is 0 Å². The lowest BCUT2D eigenvalue weighted by Gasteiger charge is -2.12. The quantitative estimate of drug-likeness (QED) is 0.717. The first kappa shape index (κ1) is 11.0. The average molecular weight is 205 g/mol. The zero-order valence-electron chi connectivity index (χ0n) is 8.27. The van der Waals surface area contributed by atoms with Gasteiger partial charge in [0.05, 0.1) is 6.04 Å². The van der Waals surface area contributed by atoms with E-state index in [1.807, 2.05) is 6.92 Å². The van der Waals surface area contributed by atoms with E-state index in [4.69, 9.17) is 11.5 Å². The summed E-state index contributed by atoms with van der Waals surface area (Å²) in [4.78, 5) is 18.3. The molecule has 0 saturated carbocycles. The molecule has 2 N–H and O–H groups in total. The summed E-state index contributed by atoms with van der Waals surface area (Å²) in [6.45, 7) is 1.90. The molecule has 5 heteroatoms. The smallest absolute Gasteiger partial charge is 0.341 e. The molecule has 78 valence electrons. The van der Waals surface area contributed by atoms with Gasteiger partial charge in [-0.1, -0.05) is 12.8 Å². The maximum atomic E-state index is 10.8. The summed E-state index contributed by atoms with van der Waals surface area (Å²) in [6, 6.07) is -0.224. The van der Waals surface area contributed by atoms with Crippen LogP contribution >= 0.6 is 0 Å². The molecule has 5 nitrogen and oxygen atoms in total. The van der Waals surface area contributed by atoms with E-state index in [9.17, 15) is 4.79 Å². The van der Waals surface area contributed by atoms with Crippen molar-refractivity contribution in [3.63, 3.8) is 0 Å². The lowest BCUT2D eigenvalue weighted by molar-refractivity contribution is 0.0697. The standard InChI is InChI=1S/C10H11N3O2/c1-3-7(4-2)13-9-8(10(14)15)5-11-6-12-9/h1,5-7H,4H2,2H3,(H,14,15)(H,11,12,13). The molecule has 1 unspecified atom stereocenters. The van der Waals surface area contributed by atoms with E-state index in [-0.39, 0.29) is 17.4 Å². The van der Waals surface area contributed by atoms with Crippen molar-refractivity contribution in [2.24, 2.45) is 0 Å². The molecule has 1 aromatic heterocycles. The van der Waals surface area contributed by atoms with Gasteiger partial charge in [-0.25, -0.2) is 14.8 Å². The Hall–Kier alpha value is -2.09. The fourth-order valence-electron chi connectivity index (χ4n) is 1.03. The topological polar surface area (TPSA) is 75.1 Å². The van der Waals surface area contributed by atoms with Crippen LogP contribution in [0.1, 0.15) is 23.7 Å². The molecule has 0 aliphatic rings. The second-order valence-electron chi connectivity index (χ2n) is 2.86. The van der Waals surface area contributed by atoms with E-state index in [1.54, 1.807) is 0 Å². The summed E-state index contributed by atoms with van der Waals surface area (Å²) in [5.41, 5.74) is 0.0196. The molecule has 1 aromatic rings. The number of nitrogens with one attached hydrogen (secondary N) is 1. The monoisotopic (exact) mass is 205 g/mol. The minimum Gasteiger partial charge on any atom is -0.477 e. The molecule has 0 saturated heterocycles. The summed E-state index contributed by atoms with van der Waals surface area (Å²) in [7, 11) is 0. The second kappa shape index (κ2) is 4.96. The maximum absolute atomic E-state index is 10.8. The SMILES string of the molecule is C#CC(CC)Nc1ncncc1C(=O)O. The van der Waals surface area contributed by atoms with Gasteiger partial charge in [0.15, 0.2) is 0 Å². The van der Waals surface area contributed by atoms with Gasteiger partial charge >= 0.3 is 5.97 Å². The van der Waals surface area contributed by atoms with Crippen LogP contribution in [0.25, 0.3) is 0 Å². The largest absolute Gasteiger partial charge is 0.477 e. The third-order valence-electron chi connectivity index (χ3n) is 1.86.